The molecule has 0 aliphatic heterocycles. The fourth-order valence-corrected chi connectivity index (χ4v) is 1.23. The second-order valence-electron chi connectivity index (χ2n) is 3.49. The summed E-state index contributed by atoms with van der Waals surface area (Å²) < 4.78 is 10.7. The van der Waals surface area contributed by atoms with Crippen LogP contribution in [0.2, 0.25) is 0 Å². The zero-order chi connectivity index (χ0) is 12.0. The topological polar surface area (TPSA) is 38.7 Å². The summed E-state index contributed by atoms with van der Waals surface area (Å²) >= 11 is 0. The van der Waals surface area contributed by atoms with Gasteiger partial charge in [0.1, 0.15) is 18.1 Å². The number of aliphatic hydroxyl groups excluding tert-OH is 1. The van der Waals surface area contributed by atoms with Crippen LogP contribution in [0.4, 0.5) is 0 Å². The summed E-state index contributed by atoms with van der Waals surface area (Å²) in [5.74, 6) is 6.86. The molecular formula is C13H16O3. The highest BCUT2D eigenvalue weighted by molar-refractivity contribution is 5.50. The Morgan fingerprint density at radius 2 is 2.12 bits per heavy atom. The largest absolute Gasteiger partial charge is 0.497 e. The quantitative estimate of drug-likeness (QED) is 0.790. The van der Waals surface area contributed by atoms with Gasteiger partial charge in [0.05, 0.1) is 18.8 Å². The van der Waals surface area contributed by atoms with Crippen molar-refractivity contribution in [2.24, 2.45) is 0 Å². The van der Waals surface area contributed by atoms with Gasteiger partial charge < -0.3 is 14.6 Å². The molecule has 0 unspecified atom stereocenters. The summed E-state index contributed by atoms with van der Waals surface area (Å²) in [7, 11) is 1.60. The molecule has 0 saturated heterocycles. The Morgan fingerprint density at radius 3 is 2.69 bits per heavy atom. The number of aliphatic hydroxyl groups is 1. The summed E-state index contributed by atoms with van der Waals surface area (Å²) in [5.41, 5.74) is 0.724. The van der Waals surface area contributed by atoms with E-state index in [2.05, 4.69) is 11.8 Å². The first kappa shape index (κ1) is 12.4. The van der Waals surface area contributed by atoms with Crippen molar-refractivity contribution in [3.63, 3.8) is 0 Å². The Labute approximate surface area is 96.0 Å². The molecule has 1 aromatic rings. The zero-order valence-electron chi connectivity index (χ0n) is 9.78. The summed E-state index contributed by atoms with van der Waals surface area (Å²) in [6, 6.07) is 5.43. The predicted molar refractivity (Wildman–Crippen MR) is 62.7 cm³/mol. The number of hydrogen-bond donors (Lipinski definition) is 1. The highest BCUT2D eigenvalue weighted by atomic mass is 16.5. The molecule has 0 amide bonds. The van der Waals surface area contributed by atoms with E-state index in [0.29, 0.717) is 5.75 Å². The Hall–Kier alpha value is -1.66. The molecule has 0 radical (unpaired) electrons. The summed E-state index contributed by atoms with van der Waals surface area (Å²) in [4.78, 5) is 0. The highest BCUT2D eigenvalue weighted by Gasteiger charge is 2.05. The first-order chi connectivity index (χ1) is 7.67. The summed E-state index contributed by atoms with van der Waals surface area (Å²) in [5, 5.41) is 8.68. The molecule has 0 atom stereocenters. The third-order valence-electron chi connectivity index (χ3n) is 1.85. The second-order valence-corrected chi connectivity index (χ2v) is 3.49. The van der Waals surface area contributed by atoms with Gasteiger partial charge in [-0.1, -0.05) is 11.8 Å². The van der Waals surface area contributed by atoms with E-state index in [1.54, 1.807) is 13.2 Å². The van der Waals surface area contributed by atoms with Gasteiger partial charge in [-0.05, 0) is 32.0 Å². The van der Waals surface area contributed by atoms with Crippen LogP contribution in [-0.4, -0.2) is 24.9 Å². The molecule has 0 aromatic heterocycles. The van der Waals surface area contributed by atoms with Crippen LogP contribution < -0.4 is 9.47 Å². The van der Waals surface area contributed by atoms with Crippen molar-refractivity contribution < 1.29 is 14.6 Å². The maximum Gasteiger partial charge on any atom is 0.135 e. The van der Waals surface area contributed by atoms with Gasteiger partial charge in [-0.2, -0.15) is 0 Å². The zero-order valence-corrected chi connectivity index (χ0v) is 9.78. The van der Waals surface area contributed by atoms with Crippen molar-refractivity contribution in [1.82, 2.24) is 0 Å². The molecule has 1 aromatic carbocycles. The molecule has 0 heterocycles. The van der Waals surface area contributed by atoms with Gasteiger partial charge in [0, 0.05) is 0 Å². The molecule has 86 valence electrons. The minimum Gasteiger partial charge on any atom is -0.497 e. The Bertz CT molecular complexity index is 399. The number of methoxy groups -OCH3 is 1. The van der Waals surface area contributed by atoms with Gasteiger partial charge in [0.25, 0.3) is 0 Å². The molecule has 0 fully saturated rings. The number of ether oxygens (including phenoxy) is 2. The van der Waals surface area contributed by atoms with E-state index >= 15 is 0 Å². The van der Waals surface area contributed by atoms with Crippen molar-refractivity contribution in [2.45, 2.75) is 20.0 Å². The Balaban J connectivity index is 3.05. The lowest BCUT2D eigenvalue weighted by atomic mass is 10.2. The molecule has 1 N–H and O–H groups in total. The maximum atomic E-state index is 8.68. The van der Waals surface area contributed by atoms with E-state index in [4.69, 9.17) is 14.6 Å². The van der Waals surface area contributed by atoms with Gasteiger partial charge in [0.2, 0.25) is 0 Å². The normalized spacial score (nSPS) is 9.56. The third-order valence-corrected chi connectivity index (χ3v) is 1.85. The van der Waals surface area contributed by atoms with Gasteiger partial charge >= 0.3 is 0 Å². The molecule has 3 nitrogen and oxygen atoms in total. The third kappa shape index (κ3) is 3.48. The summed E-state index contributed by atoms with van der Waals surface area (Å²) in [6.45, 7) is 3.74. The molecule has 0 spiro atoms. The standard InChI is InChI=1S/C13H16O3/c1-10(2)16-13-7-6-12(15-3)9-11(13)5-4-8-14/h6-7,9-10,14H,8H2,1-3H3. The lowest BCUT2D eigenvalue weighted by Crippen LogP contribution is -2.06. The van der Waals surface area contributed by atoms with E-state index in [0.717, 1.165) is 11.3 Å². The Kier molecular flexibility index (Phi) is 4.68. The molecule has 1 rings (SSSR count). The fraction of sp³-hybridized carbons (Fsp3) is 0.385. The minimum absolute atomic E-state index is 0.0862. The minimum atomic E-state index is -0.168. The fourth-order valence-electron chi connectivity index (χ4n) is 1.23. The lowest BCUT2D eigenvalue weighted by molar-refractivity contribution is 0.241. The number of hydrogen-bond acceptors (Lipinski definition) is 3. The van der Waals surface area contributed by atoms with Crippen molar-refractivity contribution in [1.29, 1.82) is 0 Å². The molecule has 0 bridgehead atoms. The summed E-state index contributed by atoms with van der Waals surface area (Å²) in [6.07, 6.45) is 0.0862. The van der Waals surface area contributed by atoms with Crippen molar-refractivity contribution in [3.05, 3.63) is 23.8 Å². The first-order valence-electron chi connectivity index (χ1n) is 5.11. The van der Waals surface area contributed by atoms with Crippen LogP contribution in [0.1, 0.15) is 19.4 Å². The predicted octanol–water partition coefficient (Wildman–Crippen LogP) is 1.83. The van der Waals surface area contributed by atoms with Crippen LogP contribution in [-0.2, 0) is 0 Å². The van der Waals surface area contributed by atoms with Crippen molar-refractivity contribution in [3.8, 4) is 23.3 Å². The number of benzene rings is 1. The average Bonchev–Trinajstić information content (AvgIpc) is 2.27. The van der Waals surface area contributed by atoms with E-state index in [9.17, 15) is 0 Å². The van der Waals surface area contributed by atoms with Gasteiger partial charge in [0.15, 0.2) is 0 Å². The van der Waals surface area contributed by atoms with Gasteiger partial charge in [-0.25, -0.2) is 0 Å². The van der Waals surface area contributed by atoms with Crippen LogP contribution in [0.25, 0.3) is 0 Å². The van der Waals surface area contributed by atoms with Crippen molar-refractivity contribution >= 4 is 0 Å². The molecule has 0 aliphatic rings. The van der Waals surface area contributed by atoms with Crippen LogP contribution in [0.15, 0.2) is 18.2 Å². The second kappa shape index (κ2) is 6.04. The van der Waals surface area contributed by atoms with E-state index in [1.165, 1.54) is 0 Å². The van der Waals surface area contributed by atoms with Crippen LogP contribution >= 0.6 is 0 Å². The Morgan fingerprint density at radius 1 is 1.38 bits per heavy atom. The van der Waals surface area contributed by atoms with E-state index < -0.39 is 0 Å². The van der Waals surface area contributed by atoms with Gasteiger partial charge in [-0.15, -0.1) is 0 Å². The molecule has 16 heavy (non-hydrogen) atoms. The monoisotopic (exact) mass is 220 g/mol. The SMILES string of the molecule is COc1ccc(OC(C)C)c(C#CCO)c1. The number of rotatable bonds is 3. The van der Waals surface area contributed by atoms with Crippen LogP contribution in [0.3, 0.4) is 0 Å². The molecular weight excluding hydrogens is 204 g/mol. The highest BCUT2D eigenvalue weighted by Crippen LogP contribution is 2.24. The smallest absolute Gasteiger partial charge is 0.135 e. The van der Waals surface area contributed by atoms with Crippen LogP contribution in [0, 0.1) is 11.8 Å². The molecule has 0 aliphatic carbocycles. The first-order valence-corrected chi connectivity index (χ1v) is 5.11. The average molecular weight is 220 g/mol. The lowest BCUT2D eigenvalue weighted by Gasteiger charge is -2.12. The van der Waals surface area contributed by atoms with Crippen LogP contribution in [0.5, 0.6) is 11.5 Å². The van der Waals surface area contributed by atoms with E-state index in [-0.39, 0.29) is 12.7 Å². The molecule has 3 heteroatoms. The molecule has 0 saturated carbocycles. The van der Waals surface area contributed by atoms with E-state index in [1.807, 2.05) is 26.0 Å². The van der Waals surface area contributed by atoms with Gasteiger partial charge in [-0.3, -0.25) is 0 Å². The van der Waals surface area contributed by atoms with Crippen molar-refractivity contribution in [2.75, 3.05) is 13.7 Å². The maximum absolute atomic E-state index is 8.68.